The Bertz CT molecular complexity index is 341. The SMILES string of the molecule is O=C1C(c2ccccc2)C[C@H]2C[C@H]12. The first-order valence-electron chi connectivity index (χ1n) is 4.95. The lowest BCUT2D eigenvalue weighted by Crippen LogP contribution is -2.08. The number of carbonyl (C=O) groups excluding carboxylic acids is 1. The molecule has 3 atom stereocenters. The van der Waals surface area contributed by atoms with E-state index in [2.05, 4.69) is 12.1 Å². The van der Waals surface area contributed by atoms with Crippen LogP contribution in [-0.4, -0.2) is 5.78 Å². The van der Waals surface area contributed by atoms with Crippen LogP contribution < -0.4 is 0 Å². The Morgan fingerprint density at radius 2 is 1.85 bits per heavy atom. The number of rotatable bonds is 1. The fourth-order valence-corrected chi connectivity index (χ4v) is 2.52. The second kappa shape index (κ2) is 2.44. The van der Waals surface area contributed by atoms with Gasteiger partial charge in [0.15, 0.2) is 0 Å². The number of ketones is 1. The van der Waals surface area contributed by atoms with Crippen molar-refractivity contribution >= 4 is 5.78 Å². The van der Waals surface area contributed by atoms with Crippen LogP contribution in [0, 0.1) is 11.8 Å². The van der Waals surface area contributed by atoms with Crippen LogP contribution in [0.25, 0.3) is 0 Å². The van der Waals surface area contributed by atoms with E-state index in [0.717, 1.165) is 12.3 Å². The summed E-state index contributed by atoms with van der Waals surface area (Å²) in [5.74, 6) is 1.89. The number of carbonyl (C=O) groups is 1. The van der Waals surface area contributed by atoms with E-state index in [1.54, 1.807) is 0 Å². The highest BCUT2D eigenvalue weighted by Crippen LogP contribution is 2.54. The minimum Gasteiger partial charge on any atom is -0.299 e. The average molecular weight is 172 g/mol. The maximum atomic E-state index is 11.7. The molecule has 1 nitrogen and oxygen atoms in total. The molecule has 0 heterocycles. The Kier molecular flexibility index (Phi) is 1.37. The molecule has 2 saturated carbocycles. The molecule has 13 heavy (non-hydrogen) atoms. The van der Waals surface area contributed by atoms with E-state index < -0.39 is 0 Å². The molecule has 1 heteroatoms. The van der Waals surface area contributed by atoms with Crippen molar-refractivity contribution < 1.29 is 4.79 Å². The van der Waals surface area contributed by atoms with Crippen molar-refractivity contribution in [1.29, 1.82) is 0 Å². The lowest BCUT2D eigenvalue weighted by molar-refractivity contribution is -0.120. The van der Waals surface area contributed by atoms with Crippen LogP contribution in [0.4, 0.5) is 0 Å². The van der Waals surface area contributed by atoms with Gasteiger partial charge in [0.1, 0.15) is 5.78 Å². The van der Waals surface area contributed by atoms with Crippen molar-refractivity contribution in [3.05, 3.63) is 35.9 Å². The fourth-order valence-electron chi connectivity index (χ4n) is 2.52. The third-order valence-electron chi connectivity index (χ3n) is 3.37. The van der Waals surface area contributed by atoms with Gasteiger partial charge in [-0.1, -0.05) is 30.3 Å². The summed E-state index contributed by atoms with van der Waals surface area (Å²) in [7, 11) is 0. The van der Waals surface area contributed by atoms with Gasteiger partial charge in [0, 0.05) is 11.8 Å². The highest BCUT2D eigenvalue weighted by atomic mass is 16.1. The summed E-state index contributed by atoms with van der Waals surface area (Å²) in [6.45, 7) is 0. The molecular weight excluding hydrogens is 160 g/mol. The van der Waals surface area contributed by atoms with Crippen molar-refractivity contribution in [2.24, 2.45) is 11.8 Å². The molecule has 66 valence electrons. The smallest absolute Gasteiger partial charge is 0.143 e. The van der Waals surface area contributed by atoms with E-state index in [4.69, 9.17) is 0 Å². The Morgan fingerprint density at radius 3 is 2.46 bits per heavy atom. The van der Waals surface area contributed by atoms with E-state index in [1.807, 2.05) is 18.2 Å². The number of benzene rings is 1. The van der Waals surface area contributed by atoms with Gasteiger partial charge in [-0.2, -0.15) is 0 Å². The molecule has 2 fully saturated rings. The van der Waals surface area contributed by atoms with Gasteiger partial charge in [0.05, 0.1) is 0 Å². The molecule has 1 aromatic rings. The van der Waals surface area contributed by atoms with Crippen LogP contribution in [0.15, 0.2) is 30.3 Å². The molecule has 2 aliphatic carbocycles. The zero-order valence-electron chi connectivity index (χ0n) is 7.44. The van der Waals surface area contributed by atoms with Gasteiger partial charge in [-0.05, 0) is 24.3 Å². The van der Waals surface area contributed by atoms with Crippen LogP contribution in [0.3, 0.4) is 0 Å². The standard InChI is InChI=1S/C12H12O/c13-12-10(6-9-7-11(9)12)8-4-2-1-3-5-8/h1-5,9-11H,6-7H2/t9-,10?,11-/m0/s1. The normalized spacial score (nSPS) is 36.0. The maximum absolute atomic E-state index is 11.7. The van der Waals surface area contributed by atoms with Gasteiger partial charge in [-0.3, -0.25) is 4.79 Å². The van der Waals surface area contributed by atoms with Gasteiger partial charge < -0.3 is 0 Å². The molecule has 0 spiro atoms. The van der Waals surface area contributed by atoms with Crippen LogP contribution in [0.2, 0.25) is 0 Å². The van der Waals surface area contributed by atoms with E-state index in [9.17, 15) is 4.79 Å². The third kappa shape index (κ3) is 1.03. The van der Waals surface area contributed by atoms with Crippen molar-refractivity contribution in [3.8, 4) is 0 Å². The average Bonchev–Trinajstić information content (AvgIpc) is 2.88. The Balaban J connectivity index is 1.91. The Labute approximate surface area is 77.8 Å². The summed E-state index contributed by atoms with van der Waals surface area (Å²) in [6.07, 6.45) is 2.27. The first-order valence-corrected chi connectivity index (χ1v) is 4.95. The van der Waals surface area contributed by atoms with E-state index in [1.165, 1.54) is 12.0 Å². The van der Waals surface area contributed by atoms with Crippen LogP contribution in [0.5, 0.6) is 0 Å². The second-order valence-electron chi connectivity index (χ2n) is 4.20. The van der Waals surface area contributed by atoms with Gasteiger partial charge in [0.2, 0.25) is 0 Å². The molecule has 0 N–H and O–H groups in total. The topological polar surface area (TPSA) is 17.1 Å². The predicted molar refractivity (Wildman–Crippen MR) is 50.4 cm³/mol. The molecule has 2 aliphatic rings. The molecule has 1 unspecified atom stereocenters. The van der Waals surface area contributed by atoms with Crippen LogP contribution >= 0.6 is 0 Å². The molecule has 0 amide bonds. The first kappa shape index (κ1) is 7.31. The molecule has 1 aromatic carbocycles. The molecule has 0 saturated heterocycles. The minimum atomic E-state index is 0.227. The van der Waals surface area contributed by atoms with Gasteiger partial charge >= 0.3 is 0 Å². The lowest BCUT2D eigenvalue weighted by Gasteiger charge is -2.09. The van der Waals surface area contributed by atoms with Crippen molar-refractivity contribution in [1.82, 2.24) is 0 Å². The van der Waals surface area contributed by atoms with Crippen molar-refractivity contribution in [2.75, 3.05) is 0 Å². The number of fused-ring (bicyclic) bond motifs is 1. The highest BCUT2D eigenvalue weighted by molar-refractivity contribution is 5.92. The van der Waals surface area contributed by atoms with Crippen LogP contribution in [-0.2, 0) is 4.79 Å². The number of hydrogen-bond donors (Lipinski definition) is 0. The molecular formula is C12H12O. The van der Waals surface area contributed by atoms with E-state index in [0.29, 0.717) is 11.7 Å². The second-order valence-corrected chi connectivity index (χ2v) is 4.20. The van der Waals surface area contributed by atoms with Gasteiger partial charge in [0.25, 0.3) is 0 Å². The van der Waals surface area contributed by atoms with E-state index in [-0.39, 0.29) is 5.92 Å². The quantitative estimate of drug-likeness (QED) is 0.635. The first-order chi connectivity index (χ1) is 6.36. The van der Waals surface area contributed by atoms with Crippen molar-refractivity contribution in [3.63, 3.8) is 0 Å². The molecule has 3 rings (SSSR count). The summed E-state index contributed by atoms with van der Waals surface area (Å²) < 4.78 is 0. The zero-order chi connectivity index (χ0) is 8.84. The number of hydrogen-bond acceptors (Lipinski definition) is 1. The van der Waals surface area contributed by atoms with Gasteiger partial charge in [-0.25, -0.2) is 0 Å². The van der Waals surface area contributed by atoms with Crippen molar-refractivity contribution in [2.45, 2.75) is 18.8 Å². The molecule has 0 aromatic heterocycles. The van der Waals surface area contributed by atoms with Crippen LogP contribution in [0.1, 0.15) is 24.3 Å². The fraction of sp³-hybridized carbons (Fsp3) is 0.417. The molecule has 0 bridgehead atoms. The summed E-state index contributed by atoms with van der Waals surface area (Å²) in [5, 5.41) is 0. The molecule has 0 radical (unpaired) electrons. The molecule has 0 aliphatic heterocycles. The summed E-state index contributed by atoms with van der Waals surface area (Å²) >= 11 is 0. The third-order valence-corrected chi connectivity index (χ3v) is 3.37. The zero-order valence-corrected chi connectivity index (χ0v) is 7.44. The summed E-state index contributed by atoms with van der Waals surface area (Å²) in [4.78, 5) is 11.7. The Morgan fingerprint density at radius 1 is 1.08 bits per heavy atom. The number of Topliss-reactive ketones (excluding diaryl/α,β-unsaturated/α-hetero) is 1. The minimum absolute atomic E-state index is 0.227. The lowest BCUT2D eigenvalue weighted by atomic mass is 9.93. The van der Waals surface area contributed by atoms with Gasteiger partial charge in [-0.15, -0.1) is 0 Å². The largest absolute Gasteiger partial charge is 0.299 e. The highest BCUT2D eigenvalue weighted by Gasteiger charge is 2.52. The maximum Gasteiger partial charge on any atom is 0.143 e. The Hall–Kier alpha value is -1.11. The predicted octanol–water partition coefficient (Wildman–Crippen LogP) is 2.38. The summed E-state index contributed by atoms with van der Waals surface area (Å²) in [5.41, 5.74) is 1.22. The monoisotopic (exact) mass is 172 g/mol. The van der Waals surface area contributed by atoms with E-state index >= 15 is 0 Å². The summed E-state index contributed by atoms with van der Waals surface area (Å²) in [6, 6.07) is 10.2.